The molecule has 0 aliphatic rings. The first-order valence-corrected chi connectivity index (χ1v) is 10.1. The Bertz CT molecular complexity index is 888. The summed E-state index contributed by atoms with van der Waals surface area (Å²) in [6.07, 6.45) is 2.53. The Balaban J connectivity index is 1.52. The molecule has 2 aromatic carbocycles. The Morgan fingerprint density at radius 2 is 1.66 bits per heavy atom. The number of benzene rings is 2. The van der Waals surface area contributed by atoms with Crippen LogP contribution in [0, 0.1) is 0 Å². The maximum atomic E-state index is 12.5. The van der Waals surface area contributed by atoms with Gasteiger partial charge in [-0.3, -0.25) is 4.79 Å². The third-order valence-electron chi connectivity index (χ3n) is 4.84. The molecule has 5 heteroatoms. The highest BCUT2D eigenvalue weighted by molar-refractivity contribution is 6.04. The molecule has 0 aliphatic heterocycles. The van der Waals surface area contributed by atoms with Gasteiger partial charge in [-0.15, -0.1) is 0 Å². The highest BCUT2D eigenvalue weighted by Gasteiger charge is 2.08. The zero-order valence-electron chi connectivity index (χ0n) is 17.1. The number of hydrogen-bond donors (Lipinski definition) is 2. The van der Waals surface area contributed by atoms with E-state index in [1.165, 1.54) is 5.56 Å². The van der Waals surface area contributed by atoms with E-state index >= 15 is 0 Å². The molecule has 0 fully saturated rings. The lowest BCUT2D eigenvalue weighted by Gasteiger charge is -2.21. The minimum atomic E-state index is -0.163. The van der Waals surface area contributed by atoms with Crippen LogP contribution in [-0.4, -0.2) is 30.5 Å². The third kappa shape index (κ3) is 5.82. The topological polar surface area (TPSA) is 57.3 Å². The van der Waals surface area contributed by atoms with E-state index in [1.807, 2.05) is 48.5 Å². The molecule has 0 aliphatic carbocycles. The summed E-state index contributed by atoms with van der Waals surface area (Å²) in [4.78, 5) is 19.1. The highest BCUT2D eigenvalue weighted by atomic mass is 16.1. The van der Waals surface area contributed by atoms with Crippen molar-refractivity contribution in [2.45, 2.75) is 20.3 Å². The van der Waals surface area contributed by atoms with Crippen LogP contribution in [0.25, 0.3) is 0 Å². The number of carbonyl (C=O) groups excluding carboxylic acids is 1. The second-order valence-corrected chi connectivity index (χ2v) is 6.77. The summed E-state index contributed by atoms with van der Waals surface area (Å²) < 4.78 is 0. The summed E-state index contributed by atoms with van der Waals surface area (Å²) in [5.74, 6) is 0.602. The van der Waals surface area contributed by atoms with Crippen LogP contribution in [0.3, 0.4) is 0 Å². The van der Waals surface area contributed by atoms with Crippen molar-refractivity contribution in [3.05, 3.63) is 84.1 Å². The molecule has 0 bridgehead atoms. The first kappa shape index (κ1) is 20.4. The van der Waals surface area contributed by atoms with Crippen molar-refractivity contribution in [1.82, 2.24) is 4.98 Å². The molecule has 150 valence electrons. The lowest BCUT2D eigenvalue weighted by molar-refractivity contribution is 0.102. The van der Waals surface area contributed by atoms with Gasteiger partial charge >= 0.3 is 0 Å². The summed E-state index contributed by atoms with van der Waals surface area (Å²) in [5, 5.41) is 6.22. The van der Waals surface area contributed by atoms with Crippen molar-refractivity contribution in [3.8, 4) is 0 Å². The molecular formula is C24H28N4O. The van der Waals surface area contributed by atoms with Gasteiger partial charge in [0.15, 0.2) is 0 Å². The molecule has 0 unspecified atom stereocenters. The van der Waals surface area contributed by atoms with E-state index in [9.17, 15) is 4.79 Å². The standard InChI is InChI=1S/C24H28N4O/c1-3-28(4-2)22-13-11-21(12-14-22)27-24(29)20-10-15-23(26-18-20)25-17-16-19-8-6-5-7-9-19/h5-15,18H,3-4,16-17H2,1-2H3,(H,25,26)(H,27,29). The Kier molecular flexibility index (Phi) is 7.22. The average Bonchev–Trinajstić information content (AvgIpc) is 2.77. The largest absolute Gasteiger partial charge is 0.372 e. The van der Waals surface area contributed by atoms with Crippen LogP contribution in [0.1, 0.15) is 29.8 Å². The van der Waals surface area contributed by atoms with E-state index in [0.717, 1.165) is 43.2 Å². The van der Waals surface area contributed by atoms with Gasteiger partial charge in [0.05, 0.1) is 5.56 Å². The summed E-state index contributed by atoms with van der Waals surface area (Å²) in [6, 6.07) is 21.9. The fourth-order valence-electron chi connectivity index (χ4n) is 3.16. The normalized spacial score (nSPS) is 10.4. The van der Waals surface area contributed by atoms with Crippen LogP contribution in [0.5, 0.6) is 0 Å². The monoisotopic (exact) mass is 388 g/mol. The van der Waals surface area contributed by atoms with Gasteiger partial charge in [-0.1, -0.05) is 30.3 Å². The molecular weight excluding hydrogens is 360 g/mol. The quantitative estimate of drug-likeness (QED) is 0.551. The molecule has 1 aromatic heterocycles. The summed E-state index contributed by atoms with van der Waals surface area (Å²) in [5.41, 5.74) is 3.74. The molecule has 0 saturated carbocycles. The van der Waals surface area contributed by atoms with Gasteiger partial charge in [0.1, 0.15) is 5.82 Å². The predicted molar refractivity (Wildman–Crippen MR) is 121 cm³/mol. The Hall–Kier alpha value is -3.34. The van der Waals surface area contributed by atoms with E-state index in [4.69, 9.17) is 0 Å². The second-order valence-electron chi connectivity index (χ2n) is 6.77. The van der Waals surface area contributed by atoms with Crippen LogP contribution in [0.15, 0.2) is 72.9 Å². The fraction of sp³-hybridized carbons (Fsp3) is 0.250. The number of rotatable bonds is 9. The number of carbonyl (C=O) groups is 1. The molecule has 3 aromatic rings. The Morgan fingerprint density at radius 1 is 0.931 bits per heavy atom. The van der Waals surface area contributed by atoms with E-state index in [1.54, 1.807) is 12.3 Å². The molecule has 1 amide bonds. The summed E-state index contributed by atoms with van der Waals surface area (Å²) in [7, 11) is 0. The molecule has 3 rings (SSSR count). The van der Waals surface area contributed by atoms with Crippen molar-refractivity contribution in [2.75, 3.05) is 35.2 Å². The maximum Gasteiger partial charge on any atom is 0.257 e. The molecule has 1 heterocycles. The van der Waals surface area contributed by atoms with Crippen LogP contribution >= 0.6 is 0 Å². The summed E-state index contributed by atoms with van der Waals surface area (Å²) >= 11 is 0. The Morgan fingerprint density at radius 3 is 2.28 bits per heavy atom. The van der Waals surface area contributed by atoms with Crippen LogP contribution in [0.2, 0.25) is 0 Å². The van der Waals surface area contributed by atoms with Crippen LogP contribution < -0.4 is 15.5 Å². The molecule has 0 radical (unpaired) electrons. The van der Waals surface area contributed by atoms with Gasteiger partial charge < -0.3 is 15.5 Å². The number of amides is 1. The molecule has 0 saturated heterocycles. The zero-order valence-corrected chi connectivity index (χ0v) is 17.1. The smallest absolute Gasteiger partial charge is 0.257 e. The van der Waals surface area contributed by atoms with E-state index in [0.29, 0.717) is 5.56 Å². The van der Waals surface area contributed by atoms with Gasteiger partial charge in [-0.05, 0) is 62.2 Å². The second kappa shape index (κ2) is 10.3. The van der Waals surface area contributed by atoms with Gasteiger partial charge in [-0.25, -0.2) is 4.98 Å². The van der Waals surface area contributed by atoms with Gasteiger partial charge in [0.25, 0.3) is 5.91 Å². The first-order valence-electron chi connectivity index (χ1n) is 10.1. The fourth-order valence-corrected chi connectivity index (χ4v) is 3.16. The molecule has 2 N–H and O–H groups in total. The van der Waals surface area contributed by atoms with Gasteiger partial charge in [0.2, 0.25) is 0 Å². The van der Waals surface area contributed by atoms with Crippen LogP contribution in [0.4, 0.5) is 17.2 Å². The Labute approximate surface area is 172 Å². The van der Waals surface area contributed by atoms with Crippen LogP contribution in [-0.2, 0) is 6.42 Å². The van der Waals surface area contributed by atoms with Crippen molar-refractivity contribution in [2.24, 2.45) is 0 Å². The minimum Gasteiger partial charge on any atom is -0.372 e. The molecule has 29 heavy (non-hydrogen) atoms. The lowest BCUT2D eigenvalue weighted by atomic mass is 10.1. The molecule has 5 nitrogen and oxygen atoms in total. The number of pyridine rings is 1. The highest BCUT2D eigenvalue weighted by Crippen LogP contribution is 2.18. The van der Waals surface area contributed by atoms with Crippen molar-refractivity contribution < 1.29 is 4.79 Å². The van der Waals surface area contributed by atoms with Gasteiger partial charge in [-0.2, -0.15) is 0 Å². The van der Waals surface area contributed by atoms with E-state index in [-0.39, 0.29) is 5.91 Å². The van der Waals surface area contributed by atoms with Gasteiger partial charge in [0, 0.05) is 37.2 Å². The minimum absolute atomic E-state index is 0.163. The zero-order chi connectivity index (χ0) is 20.5. The lowest BCUT2D eigenvalue weighted by Crippen LogP contribution is -2.21. The third-order valence-corrected chi connectivity index (χ3v) is 4.84. The molecule has 0 spiro atoms. The number of aromatic nitrogens is 1. The van der Waals surface area contributed by atoms with E-state index in [2.05, 4.69) is 46.5 Å². The predicted octanol–water partition coefficient (Wildman–Crippen LogP) is 4.83. The summed E-state index contributed by atoms with van der Waals surface area (Å²) in [6.45, 7) is 6.97. The van der Waals surface area contributed by atoms with Crippen molar-refractivity contribution in [3.63, 3.8) is 0 Å². The molecule has 0 atom stereocenters. The average molecular weight is 389 g/mol. The maximum absolute atomic E-state index is 12.5. The number of anilines is 3. The van der Waals surface area contributed by atoms with E-state index < -0.39 is 0 Å². The van der Waals surface area contributed by atoms with Crippen molar-refractivity contribution in [1.29, 1.82) is 0 Å². The number of nitrogens with zero attached hydrogens (tertiary/aromatic N) is 2. The van der Waals surface area contributed by atoms with Crippen molar-refractivity contribution >= 4 is 23.1 Å². The first-order chi connectivity index (χ1) is 14.2. The number of hydrogen-bond acceptors (Lipinski definition) is 4. The number of nitrogens with one attached hydrogen (secondary N) is 2. The SMILES string of the molecule is CCN(CC)c1ccc(NC(=O)c2ccc(NCCc3ccccc3)nc2)cc1.